The fourth-order valence-electron chi connectivity index (χ4n) is 3.28. The molecule has 4 heteroatoms. The Hall–Kier alpha value is -2.10. The molecule has 1 aliphatic carbocycles. The zero-order valence-electron chi connectivity index (χ0n) is 13.9. The number of carbonyl (C=O) groups is 1. The molecule has 1 aromatic heterocycles. The van der Waals surface area contributed by atoms with Gasteiger partial charge in [-0.3, -0.25) is 4.98 Å². The Morgan fingerprint density at radius 1 is 1.30 bits per heavy atom. The summed E-state index contributed by atoms with van der Waals surface area (Å²) in [6, 6.07) is 6.56. The number of ether oxygens (including phenoxy) is 1. The van der Waals surface area contributed by atoms with Gasteiger partial charge in [-0.2, -0.15) is 0 Å². The van der Waals surface area contributed by atoms with Gasteiger partial charge in [-0.05, 0) is 38.8 Å². The molecule has 1 N–H and O–H groups in total. The Kier molecular flexibility index (Phi) is 4.79. The number of esters is 1. The van der Waals surface area contributed by atoms with Crippen LogP contribution in [0, 0.1) is 6.92 Å². The zero-order valence-corrected chi connectivity index (χ0v) is 13.9. The van der Waals surface area contributed by atoms with Crippen molar-refractivity contribution in [2.75, 3.05) is 11.9 Å². The Bertz CT molecular complexity index is 706. The van der Waals surface area contributed by atoms with E-state index in [2.05, 4.69) is 23.3 Å². The molecule has 0 aliphatic heterocycles. The normalized spacial score (nSPS) is 15.6. The number of pyridine rings is 1. The van der Waals surface area contributed by atoms with Crippen LogP contribution in [0.15, 0.2) is 24.4 Å². The van der Waals surface area contributed by atoms with Crippen molar-refractivity contribution in [3.05, 3.63) is 35.5 Å². The van der Waals surface area contributed by atoms with E-state index in [0.717, 1.165) is 35.0 Å². The molecule has 1 aromatic carbocycles. The number of nitrogens with one attached hydrogen (secondary N) is 1. The van der Waals surface area contributed by atoms with Gasteiger partial charge in [0.1, 0.15) is 5.56 Å². The van der Waals surface area contributed by atoms with Gasteiger partial charge in [0.2, 0.25) is 0 Å². The summed E-state index contributed by atoms with van der Waals surface area (Å²) >= 11 is 0. The molecule has 0 amide bonds. The lowest BCUT2D eigenvalue weighted by Gasteiger charge is -2.25. The number of rotatable bonds is 4. The van der Waals surface area contributed by atoms with Crippen molar-refractivity contribution < 1.29 is 9.53 Å². The van der Waals surface area contributed by atoms with Crippen molar-refractivity contribution >= 4 is 22.6 Å². The monoisotopic (exact) mass is 312 g/mol. The maximum Gasteiger partial charge on any atom is 0.341 e. The van der Waals surface area contributed by atoms with Gasteiger partial charge in [0.05, 0.1) is 17.8 Å². The van der Waals surface area contributed by atoms with Crippen LogP contribution in [0.2, 0.25) is 0 Å². The van der Waals surface area contributed by atoms with E-state index in [-0.39, 0.29) is 5.97 Å². The van der Waals surface area contributed by atoms with Crippen LogP contribution in [-0.2, 0) is 4.74 Å². The van der Waals surface area contributed by atoms with Gasteiger partial charge in [-0.25, -0.2) is 4.79 Å². The highest BCUT2D eigenvalue weighted by atomic mass is 16.5. The highest BCUT2D eigenvalue weighted by molar-refractivity contribution is 6.05. The summed E-state index contributed by atoms with van der Waals surface area (Å²) in [7, 11) is 0. The average Bonchev–Trinajstić information content (AvgIpc) is 2.56. The largest absolute Gasteiger partial charge is 0.462 e. The van der Waals surface area contributed by atoms with Crippen LogP contribution in [-0.4, -0.2) is 23.6 Å². The Labute approximate surface area is 137 Å². The van der Waals surface area contributed by atoms with Gasteiger partial charge in [0, 0.05) is 17.6 Å². The van der Waals surface area contributed by atoms with Crippen molar-refractivity contribution in [2.24, 2.45) is 0 Å². The van der Waals surface area contributed by atoms with Crippen LogP contribution in [0.25, 0.3) is 10.9 Å². The molecule has 23 heavy (non-hydrogen) atoms. The molecule has 0 unspecified atom stereocenters. The minimum absolute atomic E-state index is 0.304. The van der Waals surface area contributed by atoms with Crippen molar-refractivity contribution in [1.82, 2.24) is 4.98 Å². The van der Waals surface area contributed by atoms with Crippen molar-refractivity contribution in [1.29, 1.82) is 0 Å². The van der Waals surface area contributed by atoms with E-state index in [1.807, 2.05) is 19.1 Å². The number of nitrogens with zero attached hydrogens (tertiary/aromatic N) is 1. The second-order valence-corrected chi connectivity index (χ2v) is 6.27. The summed E-state index contributed by atoms with van der Waals surface area (Å²) in [6.07, 6.45) is 7.73. The lowest BCUT2D eigenvalue weighted by molar-refractivity contribution is 0.0527. The summed E-state index contributed by atoms with van der Waals surface area (Å²) < 4.78 is 5.22. The third-order valence-corrected chi connectivity index (χ3v) is 4.47. The summed E-state index contributed by atoms with van der Waals surface area (Å²) in [5.41, 5.74) is 3.48. The van der Waals surface area contributed by atoms with Gasteiger partial charge < -0.3 is 10.1 Å². The van der Waals surface area contributed by atoms with Crippen LogP contribution in [0.4, 0.5) is 5.69 Å². The summed E-state index contributed by atoms with van der Waals surface area (Å²) in [6.45, 7) is 4.25. The van der Waals surface area contributed by atoms with Crippen molar-refractivity contribution in [3.8, 4) is 0 Å². The van der Waals surface area contributed by atoms with E-state index < -0.39 is 0 Å². The summed E-state index contributed by atoms with van der Waals surface area (Å²) in [5, 5.41) is 4.62. The van der Waals surface area contributed by atoms with Crippen LogP contribution >= 0.6 is 0 Å². The highest BCUT2D eigenvalue weighted by Gasteiger charge is 2.20. The van der Waals surface area contributed by atoms with Crippen LogP contribution in [0.5, 0.6) is 0 Å². The zero-order chi connectivity index (χ0) is 16.2. The molecule has 122 valence electrons. The number of hydrogen-bond acceptors (Lipinski definition) is 4. The molecule has 2 aromatic rings. The molecular weight excluding hydrogens is 288 g/mol. The molecular formula is C19H24N2O2. The fourth-order valence-corrected chi connectivity index (χ4v) is 3.28. The van der Waals surface area contributed by atoms with Gasteiger partial charge in [0.15, 0.2) is 0 Å². The number of hydrogen-bond donors (Lipinski definition) is 1. The smallest absolute Gasteiger partial charge is 0.341 e. The van der Waals surface area contributed by atoms with E-state index in [1.54, 1.807) is 6.20 Å². The molecule has 0 bridgehead atoms. The molecule has 4 nitrogen and oxygen atoms in total. The van der Waals surface area contributed by atoms with Crippen molar-refractivity contribution in [3.63, 3.8) is 0 Å². The molecule has 0 saturated heterocycles. The SMILES string of the molecule is CCOC(=O)c1cnc2ccc(C)cc2c1NC1CCCCC1. The predicted octanol–water partition coefficient (Wildman–Crippen LogP) is 4.46. The number of carbonyl (C=O) groups excluding carboxylic acids is 1. The fraction of sp³-hybridized carbons (Fsp3) is 0.474. The van der Waals surface area contributed by atoms with Gasteiger partial charge in [-0.15, -0.1) is 0 Å². The first kappa shape index (κ1) is 15.8. The maximum atomic E-state index is 12.3. The van der Waals surface area contributed by atoms with Crippen LogP contribution in [0.1, 0.15) is 54.9 Å². The lowest BCUT2D eigenvalue weighted by atomic mass is 9.94. The third kappa shape index (κ3) is 3.46. The van der Waals surface area contributed by atoms with Crippen LogP contribution in [0.3, 0.4) is 0 Å². The highest BCUT2D eigenvalue weighted by Crippen LogP contribution is 2.30. The van der Waals surface area contributed by atoms with E-state index in [4.69, 9.17) is 4.74 Å². The molecule has 1 heterocycles. The summed E-state index contributed by atoms with van der Waals surface area (Å²) in [4.78, 5) is 16.8. The van der Waals surface area contributed by atoms with E-state index in [0.29, 0.717) is 18.2 Å². The standard InChI is InChI=1S/C19H24N2O2/c1-3-23-19(22)16-12-20-17-10-9-13(2)11-15(17)18(16)21-14-7-5-4-6-8-14/h9-12,14H,3-8H2,1-2H3,(H,20,21). The molecule has 0 radical (unpaired) electrons. The molecule has 1 fully saturated rings. The summed E-state index contributed by atoms with van der Waals surface area (Å²) in [5.74, 6) is -0.304. The topological polar surface area (TPSA) is 51.2 Å². The van der Waals surface area contributed by atoms with E-state index in [9.17, 15) is 4.79 Å². The van der Waals surface area contributed by atoms with Crippen LogP contribution < -0.4 is 5.32 Å². The van der Waals surface area contributed by atoms with Gasteiger partial charge in [-0.1, -0.05) is 30.9 Å². The molecule has 0 atom stereocenters. The van der Waals surface area contributed by atoms with Gasteiger partial charge >= 0.3 is 5.97 Å². The number of anilines is 1. The molecule has 1 aliphatic rings. The lowest BCUT2D eigenvalue weighted by Crippen LogP contribution is -2.24. The predicted molar refractivity (Wildman–Crippen MR) is 92.9 cm³/mol. The second kappa shape index (κ2) is 6.99. The Morgan fingerprint density at radius 3 is 2.83 bits per heavy atom. The van der Waals surface area contributed by atoms with E-state index >= 15 is 0 Å². The minimum Gasteiger partial charge on any atom is -0.462 e. The number of fused-ring (bicyclic) bond motifs is 1. The Balaban J connectivity index is 2.06. The first-order valence-corrected chi connectivity index (χ1v) is 8.52. The average molecular weight is 312 g/mol. The first-order chi connectivity index (χ1) is 11.2. The van der Waals surface area contributed by atoms with Gasteiger partial charge in [0.25, 0.3) is 0 Å². The number of benzene rings is 1. The number of aryl methyl sites for hydroxylation is 1. The van der Waals surface area contributed by atoms with Crippen molar-refractivity contribution in [2.45, 2.75) is 52.0 Å². The third-order valence-electron chi connectivity index (χ3n) is 4.47. The number of aromatic nitrogens is 1. The first-order valence-electron chi connectivity index (χ1n) is 8.52. The second-order valence-electron chi connectivity index (χ2n) is 6.27. The Morgan fingerprint density at radius 2 is 2.09 bits per heavy atom. The maximum absolute atomic E-state index is 12.3. The molecule has 3 rings (SSSR count). The quantitative estimate of drug-likeness (QED) is 0.847. The minimum atomic E-state index is -0.304. The van der Waals surface area contributed by atoms with E-state index in [1.165, 1.54) is 19.3 Å². The molecule has 1 saturated carbocycles. The molecule has 0 spiro atoms.